The van der Waals surface area contributed by atoms with Crippen LogP contribution in [0, 0.1) is 5.92 Å². The van der Waals surface area contributed by atoms with Crippen molar-refractivity contribution in [2.45, 2.75) is 13.3 Å². The van der Waals surface area contributed by atoms with Gasteiger partial charge in [0, 0.05) is 6.54 Å². The summed E-state index contributed by atoms with van der Waals surface area (Å²) in [6.07, 6.45) is 7.69. The van der Waals surface area contributed by atoms with Crippen LogP contribution in [0.2, 0.25) is 0 Å². The highest BCUT2D eigenvalue weighted by atomic mass is 16.2. The van der Waals surface area contributed by atoms with E-state index in [1.807, 2.05) is 6.92 Å². The zero-order chi connectivity index (χ0) is 10.4. The lowest BCUT2D eigenvalue weighted by Crippen LogP contribution is -2.31. The largest absolute Gasteiger partial charge is 0.355 e. The van der Waals surface area contributed by atoms with E-state index in [-0.39, 0.29) is 5.91 Å². The first-order valence-corrected chi connectivity index (χ1v) is 4.67. The fraction of sp³-hybridized carbons (Fsp3) is 0.364. The third-order valence-corrected chi connectivity index (χ3v) is 1.98. The quantitative estimate of drug-likeness (QED) is 0.677. The highest BCUT2D eigenvalue weighted by molar-refractivity contribution is 5.87. The molecule has 0 aromatic carbocycles. The standard InChI is InChI=1S/C11H13NO2/c1-2-7-12-11(14)10-6-4-3-5-9(10)8-13/h3-6,10H,2,7H2,1H3,(H,12,14). The van der Waals surface area contributed by atoms with E-state index in [1.165, 1.54) is 0 Å². The molecule has 0 heterocycles. The van der Waals surface area contributed by atoms with Gasteiger partial charge >= 0.3 is 0 Å². The van der Waals surface area contributed by atoms with Crippen LogP contribution in [0.1, 0.15) is 13.3 Å². The van der Waals surface area contributed by atoms with E-state index in [0.717, 1.165) is 6.42 Å². The minimum atomic E-state index is -0.468. The van der Waals surface area contributed by atoms with Crippen LogP contribution in [0.3, 0.4) is 0 Å². The zero-order valence-corrected chi connectivity index (χ0v) is 8.12. The van der Waals surface area contributed by atoms with E-state index in [0.29, 0.717) is 12.1 Å². The maximum absolute atomic E-state index is 11.5. The number of hydrogen-bond acceptors (Lipinski definition) is 2. The van der Waals surface area contributed by atoms with Crippen molar-refractivity contribution >= 4 is 11.8 Å². The second-order valence-corrected chi connectivity index (χ2v) is 3.07. The van der Waals surface area contributed by atoms with Crippen LogP contribution in [0.25, 0.3) is 0 Å². The summed E-state index contributed by atoms with van der Waals surface area (Å²) in [6.45, 7) is 2.62. The van der Waals surface area contributed by atoms with E-state index < -0.39 is 5.92 Å². The molecule has 0 saturated heterocycles. The summed E-state index contributed by atoms with van der Waals surface area (Å²) in [4.78, 5) is 22.1. The molecule has 0 fully saturated rings. The smallest absolute Gasteiger partial charge is 0.232 e. The number of carbonyl (C=O) groups excluding carboxylic acids is 2. The van der Waals surface area contributed by atoms with Crippen molar-refractivity contribution in [2.75, 3.05) is 6.54 Å². The molecule has 1 unspecified atom stereocenters. The van der Waals surface area contributed by atoms with Gasteiger partial charge in [-0.25, -0.2) is 4.79 Å². The molecule has 0 saturated carbocycles. The molecule has 1 atom stereocenters. The highest BCUT2D eigenvalue weighted by Crippen LogP contribution is 2.15. The van der Waals surface area contributed by atoms with Crippen LogP contribution in [0.5, 0.6) is 0 Å². The lowest BCUT2D eigenvalue weighted by atomic mass is 9.95. The molecule has 1 N–H and O–H groups in total. The van der Waals surface area contributed by atoms with Crippen LogP contribution in [-0.2, 0) is 9.59 Å². The van der Waals surface area contributed by atoms with Gasteiger partial charge in [-0.3, -0.25) is 4.79 Å². The molecule has 0 aliphatic heterocycles. The maximum Gasteiger partial charge on any atom is 0.232 e. The van der Waals surface area contributed by atoms with Gasteiger partial charge in [0.2, 0.25) is 5.91 Å². The molecule has 1 aliphatic rings. The maximum atomic E-state index is 11.5. The lowest BCUT2D eigenvalue weighted by Gasteiger charge is -2.13. The van der Waals surface area contributed by atoms with Crippen molar-refractivity contribution in [3.05, 3.63) is 29.9 Å². The second-order valence-electron chi connectivity index (χ2n) is 3.07. The first kappa shape index (κ1) is 10.5. The third kappa shape index (κ3) is 2.44. The van der Waals surface area contributed by atoms with Crippen molar-refractivity contribution in [1.82, 2.24) is 5.32 Å². The van der Waals surface area contributed by atoms with Crippen molar-refractivity contribution in [3.63, 3.8) is 0 Å². The number of rotatable bonds is 3. The summed E-state index contributed by atoms with van der Waals surface area (Å²) < 4.78 is 0. The molecule has 0 aromatic heterocycles. The summed E-state index contributed by atoms with van der Waals surface area (Å²) in [5.74, 6) is 1.18. The van der Waals surface area contributed by atoms with E-state index >= 15 is 0 Å². The van der Waals surface area contributed by atoms with Crippen LogP contribution in [-0.4, -0.2) is 18.4 Å². The number of nitrogens with one attached hydrogen (secondary N) is 1. The van der Waals surface area contributed by atoms with Gasteiger partial charge in [-0.05, 0) is 12.5 Å². The Kier molecular flexibility index (Phi) is 3.89. The Morgan fingerprint density at radius 3 is 3.00 bits per heavy atom. The summed E-state index contributed by atoms with van der Waals surface area (Å²) >= 11 is 0. The van der Waals surface area contributed by atoms with Crippen molar-refractivity contribution in [1.29, 1.82) is 0 Å². The Balaban J connectivity index is 2.67. The van der Waals surface area contributed by atoms with Crippen molar-refractivity contribution in [2.24, 2.45) is 5.92 Å². The molecule has 74 valence electrons. The van der Waals surface area contributed by atoms with Crippen LogP contribution >= 0.6 is 0 Å². The van der Waals surface area contributed by atoms with Gasteiger partial charge < -0.3 is 5.32 Å². The van der Waals surface area contributed by atoms with Crippen molar-refractivity contribution < 1.29 is 9.59 Å². The molecule has 1 amide bonds. The molecular weight excluding hydrogens is 178 g/mol. The summed E-state index contributed by atoms with van der Waals surface area (Å²) in [7, 11) is 0. The minimum absolute atomic E-state index is 0.134. The van der Waals surface area contributed by atoms with E-state index in [1.54, 1.807) is 30.2 Å². The first-order valence-electron chi connectivity index (χ1n) is 4.67. The molecule has 0 spiro atoms. The van der Waals surface area contributed by atoms with Gasteiger partial charge in [0.15, 0.2) is 0 Å². The van der Waals surface area contributed by atoms with E-state index in [4.69, 9.17) is 0 Å². The predicted molar refractivity (Wildman–Crippen MR) is 54.3 cm³/mol. The monoisotopic (exact) mass is 191 g/mol. The van der Waals surface area contributed by atoms with Crippen LogP contribution in [0.4, 0.5) is 0 Å². The Bertz CT molecular complexity index is 322. The molecule has 3 nitrogen and oxygen atoms in total. The van der Waals surface area contributed by atoms with Gasteiger partial charge in [0.05, 0.1) is 11.5 Å². The molecule has 0 aromatic rings. The van der Waals surface area contributed by atoms with Gasteiger partial charge in [0.25, 0.3) is 0 Å². The highest BCUT2D eigenvalue weighted by Gasteiger charge is 2.20. The van der Waals surface area contributed by atoms with E-state index in [2.05, 4.69) is 5.32 Å². The van der Waals surface area contributed by atoms with Crippen molar-refractivity contribution in [3.8, 4) is 0 Å². The number of allylic oxidation sites excluding steroid dienone is 3. The summed E-state index contributed by atoms with van der Waals surface area (Å²) in [5.41, 5.74) is 0.390. The topological polar surface area (TPSA) is 46.2 Å². The Labute approximate surface area is 83.2 Å². The SMILES string of the molecule is CCCNC(=O)C1C=CC=CC1=C=O. The van der Waals surface area contributed by atoms with Gasteiger partial charge in [0.1, 0.15) is 5.94 Å². The fourth-order valence-corrected chi connectivity index (χ4v) is 1.23. The number of amides is 1. The molecule has 0 bridgehead atoms. The zero-order valence-electron chi connectivity index (χ0n) is 8.12. The summed E-state index contributed by atoms with van der Waals surface area (Å²) in [6, 6.07) is 0. The molecular formula is C11H13NO2. The molecule has 1 rings (SSSR count). The van der Waals surface area contributed by atoms with Crippen LogP contribution < -0.4 is 5.32 Å². The number of hydrogen-bond donors (Lipinski definition) is 1. The normalized spacial score (nSPS) is 19.2. The van der Waals surface area contributed by atoms with Gasteiger partial charge in [-0.15, -0.1) is 0 Å². The third-order valence-electron chi connectivity index (χ3n) is 1.98. The molecule has 3 heteroatoms. The Morgan fingerprint density at radius 1 is 1.57 bits per heavy atom. The van der Waals surface area contributed by atoms with Gasteiger partial charge in [-0.2, -0.15) is 0 Å². The van der Waals surface area contributed by atoms with E-state index in [9.17, 15) is 9.59 Å². The predicted octanol–water partition coefficient (Wildman–Crippen LogP) is 1.01. The fourth-order valence-electron chi connectivity index (χ4n) is 1.23. The summed E-state index contributed by atoms with van der Waals surface area (Å²) in [5, 5.41) is 2.74. The molecule has 1 aliphatic carbocycles. The van der Waals surface area contributed by atoms with Crippen LogP contribution in [0.15, 0.2) is 29.9 Å². The van der Waals surface area contributed by atoms with Gasteiger partial charge in [-0.1, -0.05) is 25.2 Å². The second kappa shape index (κ2) is 5.20. The Hall–Kier alpha value is -1.60. The average molecular weight is 191 g/mol. The Morgan fingerprint density at radius 2 is 2.36 bits per heavy atom. The molecule has 14 heavy (non-hydrogen) atoms. The number of carbonyl (C=O) groups is 1. The molecule has 0 radical (unpaired) electrons. The lowest BCUT2D eigenvalue weighted by molar-refractivity contribution is -0.122. The minimum Gasteiger partial charge on any atom is -0.355 e. The average Bonchev–Trinajstić information content (AvgIpc) is 2.25. The first-order chi connectivity index (χ1) is 6.79.